The summed E-state index contributed by atoms with van der Waals surface area (Å²) in [6.07, 6.45) is 1.77. The van der Waals surface area contributed by atoms with E-state index in [2.05, 4.69) is 30.7 Å². The van der Waals surface area contributed by atoms with Crippen molar-refractivity contribution in [2.75, 3.05) is 10.6 Å². The quantitative estimate of drug-likeness (QED) is 0.748. The Morgan fingerprint density at radius 2 is 1.91 bits per heavy atom. The number of hydrogen-bond donors (Lipinski definition) is 2. The number of anilines is 3. The van der Waals surface area contributed by atoms with E-state index in [0.29, 0.717) is 24.0 Å². The van der Waals surface area contributed by atoms with E-state index in [-0.39, 0.29) is 0 Å². The zero-order valence-electron chi connectivity index (χ0n) is 12.4. The second kappa shape index (κ2) is 6.21. The van der Waals surface area contributed by atoms with Crippen LogP contribution in [0.2, 0.25) is 0 Å². The van der Waals surface area contributed by atoms with Crippen molar-refractivity contribution in [3.63, 3.8) is 0 Å². The summed E-state index contributed by atoms with van der Waals surface area (Å²) >= 11 is 0. The molecule has 0 spiro atoms. The molecule has 0 bridgehead atoms. The fourth-order valence-corrected chi connectivity index (χ4v) is 1.96. The van der Waals surface area contributed by atoms with Gasteiger partial charge in [-0.25, -0.2) is 9.97 Å². The molecule has 3 aromatic rings. The lowest BCUT2D eigenvalue weighted by Gasteiger charge is -2.08. The summed E-state index contributed by atoms with van der Waals surface area (Å²) in [7, 11) is 0. The van der Waals surface area contributed by atoms with Gasteiger partial charge in [0.05, 0.1) is 12.2 Å². The molecule has 0 saturated carbocycles. The van der Waals surface area contributed by atoms with Crippen LogP contribution < -0.4 is 10.6 Å². The predicted octanol–water partition coefficient (Wildman–Crippen LogP) is 2.83. The van der Waals surface area contributed by atoms with Crippen LogP contribution >= 0.6 is 0 Å². The first-order valence-corrected chi connectivity index (χ1v) is 6.89. The maximum Gasteiger partial charge on any atom is 0.175 e. The molecule has 22 heavy (non-hydrogen) atoms. The van der Waals surface area contributed by atoms with Crippen LogP contribution in [0.4, 0.5) is 17.5 Å². The molecule has 0 radical (unpaired) electrons. The minimum absolute atomic E-state index is 0.597. The van der Waals surface area contributed by atoms with Gasteiger partial charge >= 0.3 is 0 Å². The van der Waals surface area contributed by atoms with Gasteiger partial charge < -0.3 is 15.2 Å². The van der Waals surface area contributed by atoms with Crippen LogP contribution in [-0.4, -0.2) is 20.1 Å². The molecule has 2 N–H and O–H groups in total. The summed E-state index contributed by atoms with van der Waals surface area (Å²) < 4.78 is 5.02. The Bertz CT molecular complexity index is 756. The molecule has 0 amide bonds. The zero-order chi connectivity index (χ0) is 15.4. The lowest BCUT2D eigenvalue weighted by atomic mass is 10.3. The number of pyridine rings is 1. The number of aromatic nitrogens is 4. The van der Waals surface area contributed by atoms with E-state index >= 15 is 0 Å². The van der Waals surface area contributed by atoms with Crippen LogP contribution in [0.25, 0.3) is 0 Å². The molecule has 3 rings (SSSR count). The third-order valence-electron chi connectivity index (χ3n) is 2.90. The SMILES string of the molecule is Cc1nc(NCc2ccccn2)cc(Nc2cc(C)on2)n1. The van der Waals surface area contributed by atoms with Crippen molar-refractivity contribution >= 4 is 17.5 Å². The summed E-state index contributed by atoms with van der Waals surface area (Å²) in [4.78, 5) is 13.0. The van der Waals surface area contributed by atoms with E-state index in [1.807, 2.05) is 38.1 Å². The largest absolute Gasteiger partial charge is 0.364 e. The number of nitrogens with one attached hydrogen (secondary N) is 2. The normalized spacial score (nSPS) is 10.5. The molecule has 0 unspecified atom stereocenters. The van der Waals surface area contributed by atoms with Gasteiger partial charge in [-0.15, -0.1) is 0 Å². The van der Waals surface area contributed by atoms with Crippen LogP contribution in [0.3, 0.4) is 0 Å². The van der Waals surface area contributed by atoms with Crippen molar-refractivity contribution < 1.29 is 4.52 Å². The second-order valence-electron chi connectivity index (χ2n) is 4.81. The highest BCUT2D eigenvalue weighted by atomic mass is 16.5. The second-order valence-corrected chi connectivity index (χ2v) is 4.81. The maximum atomic E-state index is 5.02. The first-order valence-electron chi connectivity index (χ1n) is 6.89. The summed E-state index contributed by atoms with van der Waals surface area (Å²) in [5, 5.41) is 10.2. The molecule has 3 heterocycles. The molecule has 0 aliphatic heterocycles. The average Bonchev–Trinajstić information content (AvgIpc) is 2.91. The summed E-state index contributed by atoms with van der Waals surface area (Å²) in [6, 6.07) is 9.42. The highest BCUT2D eigenvalue weighted by molar-refractivity contribution is 5.55. The van der Waals surface area contributed by atoms with Crippen LogP contribution in [0.15, 0.2) is 41.1 Å². The highest BCUT2D eigenvalue weighted by Gasteiger charge is 2.05. The fraction of sp³-hybridized carbons (Fsp3) is 0.200. The van der Waals surface area contributed by atoms with Gasteiger partial charge in [0.2, 0.25) is 0 Å². The predicted molar refractivity (Wildman–Crippen MR) is 82.9 cm³/mol. The molecular weight excluding hydrogens is 280 g/mol. The number of hydrogen-bond acceptors (Lipinski definition) is 7. The Morgan fingerprint density at radius 3 is 2.64 bits per heavy atom. The topological polar surface area (TPSA) is 88.8 Å². The number of aryl methyl sites for hydroxylation is 2. The van der Waals surface area contributed by atoms with E-state index in [0.717, 1.165) is 17.3 Å². The van der Waals surface area contributed by atoms with Crippen molar-refractivity contribution in [3.05, 3.63) is 53.8 Å². The van der Waals surface area contributed by atoms with E-state index in [9.17, 15) is 0 Å². The third kappa shape index (κ3) is 3.57. The number of nitrogens with zero attached hydrogens (tertiary/aromatic N) is 4. The highest BCUT2D eigenvalue weighted by Crippen LogP contribution is 2.17. The summed E-state index contributed by atoms with van der Waals surface area (Å²) in [5.41, 5.74) is 0.945. The van der Waals surface area contributed by atoms with Crippen molar-refractivity contribution in [3.8, 4) is 0 Å². The van der Waals surface area contributed by atoms with Gasteiger partial charge in [0.25, 0.3) is 0 Å². The molecule has 0 saturated heterocycles. The minimum Gasteiger partial charge on any atom is -0.364 e. The standard InChI is InChI=1S/C15H16N6O/c1-10-7-15(21-22-10)20-14-8-13(18-11(2)19-14)17-9-12-5-3-4-6-16-12/h3-8H,9H2,1-2H3,(H2,17,18,19,20,21). The van der Waals surface area contributed by atoms with Crippen LogP contribution in [0, 0.1) is 13.8 Å². The minimum atomic E-state index is 0.597. The van der Waals surface area contributed by atoms with Gasteiger partial charge in [0.1, 0.15) is 23.2 Å². The van der Waals surface area contributed by atoms with Gasteiger partial charge in [-0.3, -0.25) is 4.98 Å². The van der Waals surface area contributed by atoms with E-state index < -0.39 is 0 Å². The van der Waals surface area contributed by atoms with Crippen molar-refractivity contribution in [1.82, 2.24) is 20.1 Å². The lowest BCUT2D eigenvalue weighted by Crippen LogP contribution is -2.06. The molecule has 0 aromatic carbocycles. The number of rotatable bonds is 5. The van der Waals surface area contributed by atoms with Crippen molar-refractivity contribution in [2.24, 2.45) is 0 Å². The van der Waals surface area contributed by atoms with Gasteiger partial charge in [0.15, 0.2) is 5.82 Å². The lowest BCUT2D eigenvalue weighted by molar-refractivity contribution is 0.400. The Morgan fingerprint density at radius 1 is 1.05 bits per heavy atom. The van der Waals surface area contributed by atoms with Gasteiger partial charge in [-0.05, 0) is 26.0 Å². The van der Waals surface area contributed by atoms with Crippen LogP contribution in [-0.2, 0) is 6.54 Å². The van der Waals surface area contributed by atoms with Gasteiger partial charge in [-0.1, -0.05) is 11.2 Å². The van der Waals surface area contributed by atoms with Crippen LogP contribution in [0.5, 0.6) is 0 Å². The molecule has 0 atom stereocenters. The smallest absolute Gasteiger partial charge is 0.175 e. The molecule has 112 valence electrons. The van der Waals surface area contributed by atoms with E-state index in [1.54, 1.807) is 12.3 Å². The Kier molecular flexibility index (Phi) is 3.95. The first kappa shape index (κ1) is 14.0. The van der Waals surface area contributed by atoms with E-state index in [1.165, 1.54) is 0 Å². The van der Waals surface area contributed by atoms with Crippen LogP contribution in [0.1, 0.15) is 17.3 Å². The van der Waals surface area contributed by atoms with E-state index in [4.69, 9.17) is 4.52 Å². The van der Waals surface area contributed by atoms with Gasteiger partial charge in [-0.2, -0.15) is 0 Å². The fourth-order valence-electron chi connectivity index (χ4n) is 1.96. The first-order chi connectivity index (χ1) is 10.7. The molecule has 0 aliphatic carbocycles. The molecule has 7 nitrogen and oxygen atoms in total. The van der Waals surface area contributed by atoms with Gasteiger partial charge in [0, 0.05) is 18.3 Å². The molecule has 0 aliphatic rings. The Labute approximate surface area is 127 Å². The Hall–Kier alpha value is -2.96. The molecule has 3 aromatic heterocycles. The van der Waals surface area contributed by atoms with Crippen molar-refractivity contribution in [2.45, 2.75) is 20.4 Å². The monoisotopic (exact) mass is 296 g/mol. The molecule has 0 fully saturated rings. The van der Waals surface area contributed by atoms with Crippen molar-refractivity contribution in [1.29, 1.82) is 0 Å². The average molecular weight is 296 g/mol. The summed E-state index contributed by atoms with van der Waals surface area (Å²) in [5.74, 6) is 3.40. The molecule has 7 heteroatoms. The zero-order valence-corrected chi connectivity index (χ0v) is 12.4. The summed E-state index contributed by atoms with van der Waals surface area (Å²) in [6.45, 7) is 4.27. The Balaban J connectivity index is 1.72. The maximum absolute atomic E-state index is 5.02. The molecular formula is C15H16N6O. The third-order valence-corrected chi connectivity index (χ3v) is 2.90.